The predicted octanol–water partition coefficient (Wildman–Crippen LogP) is 3.35. The van der Waals surface area contributed by atoms with Gasteiger partial charge in [0.05, 0.1) is 6.20 Å². The molecular formula is C15H27N3. The third kappa shape index (κ3) is 4.13. The van der Waals surface area contributed by atoms with Crippen LogP contribution in [-0.2, 0) is 13.1 Å². The van der Waals surface area contributed by atoms with E-state index >= 15 is 0 Å². The maximum absolute atomic E-state index is 4.38. The lowest BCUT2D eigenvalue weighted by Gasteiger charge is -2.15. The molecule has 3 heteroatoms. The zero-order chi connectivity index (χ0) is 12.8. The number of aromatic nitrogens is 2. The first-order valence-corrected chi connectivity index (χ1v) is 7.52. The van der Waals surface area contributed by atoms with Gasteiger partial charge >= 0.3 is 0 Å². The number of rotatable bonds is 5. The van der Waals surface area contributed by atoms with Crippen molar-refractivity contribution in [2.45, 2.75) is 71.5 Å². The molecule has 1 aromatic rings. The molecule has 1 heterocycles. The van der Waals surface area contributed by atoms with E-state index in [1.54, 1.807) is 0 Å². The van der Waals surface area contributed by atoms with Gasteiger partial charge in [0.25, 0.3) is 0 Å². The third-order valence-electron chi connectivity index (χ3n) is 3.99. The lowest BCUT2D eigenvalue weighted by atomic mass is 10.0. The van der Waals surface area contributed by atoms with Crippen LogP contribution in [0.3, 0.4) is 0 Å². The summed E-state index contributed by atoms with van der Waals surface area (Å²) >= 11 is 0. The summed E-state index contributed by atoms with van der Waals surface area (Å²) in [6.45, 7) is 6.58. The second-order valence-electron chi connectivity index (χ2n) is 5.80. The smallest absolute Gasteiger partial charge is 0.0534 e. The molecule has 1 fully saturated rings. The van der Waals surface area contributed by atoms with Crippen LogP contribution in [-0.4, -0.2) is 15.8 Å². The summed E-state index contributed by atoms with van der Waals surface area (Å²) in [5.74, 6) is 0.920. The first-order chi connectivity index (χ1) is 8.78. The highest BCUT2D eigenvalue weighted by molar-refractivity contribution is 5.03. The van der Waals surface area contributed by atoms with Crippen molar-refractivity contribution >= 4 is 0 Å². The molecule has 0 saturated heterocycles. The van der Waals surface area contributed by atoms with Gasteiger partial charge in [-0.25, -0.2) is 0 Å². The average molecular weight is 249 g/mol. The lowest BCUT2D eigenvalue weighted by molar-refractivity contribution is 0.447. The Hall–Kier alpha value is -0.830. The Kier molecular flexibility index (Phi) is 5.24. The van der Waals surface area contributed by atoms with Crippen molar-refractivity contribution in [3.8, 4) is 0 Å². The molecule has 0 aromatic carbocycles. The van der Waals surface area contributed by atoms with Gasteiger partial charge in [0.1, 0.15) is 0 Å². The molecule has 1 N–H and O–H groups in total. The van der Waals surface area contributed by atoms with E-state index in [1.165, 1.54) is 37.7 Å². The highest BCUT2D eigenvalue weighted by Crippen LogP contribution is 2.22. The van der Waals surface area contributed by atoms with Crippen molar-refractivity contribution in [1.82, 2.24) is 15.1 Å². The van der Waals surface area contributed by atoms with Gasteiger partial charge in [-0.15, -0.1) is 0 Å². The Labute approximate surface area is 111 Å². The SMILES string of the molecule is CCCn1cc(CNC2CCCC(C)CC2)cn1. The summed E-state index contributed by atoms with van der Waals surface area (Å²) < 4.78 is 2.05. The van der Waals surface area contributed by atoms with E-state index in [1.807, 2.05) is 10.9 Å². The Morgan fingerprint density at radius 2 is 2.22 bits per heavy atom. The minimum absolute atomic E-state index is 0.712. The summed E-state index contributed by atoms with van der Waals surface area (Å²) in [5, 5.41) is 8.08. The van der Waals surface area contributed by atoms with Gasteiger partial charge in [-0.3, -0.25) is 4.68 Å². The van der Waals surface area contributed by atoms with Crippen LogP contribution < -0.4 is 5.32 Å². The van der Waals surface area contributed by atoms with Crippen LogP contribution in [0.2, 0.25) is 0 Å². The largest absolute Gasteiger partial charge is 0.310 e. The molecule has 1 aromatic heterocycles. The molecule has 3 nitrogen and oxygen atoms in total. The molecule has 1 aliphatic carbocycles. The molecule has 102 valence electrons. The van der Waals surface area contributed by atoms with Crippen molar-refractivity contribution in [2.75, 3.05) is 0 Å². The molecule has 2 atom stereocenters. The van der Waals surface area contributed by atoms with Crippen molar-refractivity contribution in [2.24, 2.45) is 5.92 Å². The van der Waals surface area contributed by atoms with Crippen LogP contribution in [0.15, 0.2) is 12.4 Å². The maximum atomic E-state index is 4.38. The normalized spacial score (nSPS) is 25.0. The van der Waals surface area contributed by atoms with Gasteiger partial charge in [-0.1, -0.05) is 26.7 Å². The van der Waals surface area contributed by atoms with E-state index in [0.717, 1.165) is 25.4 Å². The van der Waals surface area contributed by atoms with Crippen LogP contribution in [0.4, 0.5) is 0 Å². The Morgan fingerprint density at radius 3 is 3.06 bits per heavy atom. The zero-order valence-electron chi connectivity index (χ0n) is 11.9. The van der Waals surface area contributed by atoms with Gasteiger partial charge < -0.3 is 5.32 Å². The number of nitrogens with one attached hydrogen (secondary N) is 1. The van der Waals surface area contributed by atoms with E-state index in [0.29, 0.717) is 6.04 Å². The zero-order valence-corrected chi connectivity index (χ0v) is 11.9. The molecule has 0 radical (unpaired) electrons. The van der Waals surface area contributed by atoms with Crippen LogP contribution in [0, 0.1) is 5.92 Å². The maximum Gasteiger partial charge on any atom is 0.0534 e. The van der Waals surface area contributed by atoms with Crippen LogP contribution >= 0.6 is 0 Å². The molecule has 2 rings (SSSR count). The summed E-state index contributed by atoms with van der Waals surface area (Å²) in [4.78, 5) is 0. The molecule has 0 amide bonds. The Balaban J connectivity index is 1.76. The Morgan fingerprint density at radius 1 is 1.33 bits per heavy atom. The van der Waals surface area contributed by atoms with E-state index in [9.17, 15) is 0 Å². The fraction of sp³-hybridized carbons (Fsp3) is 0.800. The minimum Gasteiger partial charge on any atom is -0.310 e. The lowest BCUT2D eigenvalue weighted by Crippen LogP contribution is -2.27. The van der Waals surface area contributed by atoms with Gasteiger partial charge in [-0.2, -0.15) is 5.10 Å². The van der Waals surface area contributed by atoms with Crippen LogP contribution in [0.25, 0.3) is 0 Å². The molecule has 0 spiro atoms. The number of nitrogens with zero attached hydrogens (tertiary/aromatic N) is 2. The van der Waals surface area contributed by atoms with Crippen molar-refractivity contribution in [1.29, 1.82) is 0 Å². The third-order valence-corrected chi connectivity index (χ3v) is 3.99. The summed E-state index contributed by atoms with van der Waals surface area (Å²) in [6, 6.07) is 0.712. The van der Waals surface area contributed by atoms with Gasteiger partial charge in [0.15, 0.2) is 0 Å². The van der Waals surface area contributed by atoms with Gasteiger partial charge in [-0.05, 0) is 31.6 Å². The van der Waals surface area contributed by atoms with Crippen molar-refractivity contribution < 1.29 is 0 Å². The van der Waals surface area contributed by atoms with Crippen LogP contribution in [0.5, 0.6) is 0 Å². The van der Waals surface area contributed by atoms with E-state index in [2.05, 4.69) is 30.5 Å². The summed E-state index contributed by atoms with van der Waals surface area (Å²) in [7, 11) is 0. The number of hydrogen-bond donors (Lipinski definition) is 1. The quantitative estimate of drug-likeness (QED) is 0.811. The summed E-state index contributed by atoms with van der Waals surface area (Å²) in [6.07, 6.45) is 12.2. The predicted molar refractivity (Wildman–Crippen MR) is 75.4 cm³/mol. The van der Waals surface area contributed by atoms with E-state index in [-0.39, 0.29) is 0 Å². The monoisotopic (exact) mass is 249 g/mol. The van der Waals surface area contributed by atoms with E-state index < -0.39 is 0 Å². The topological polar surface area (TPSA) is 29.9 Å². The molecule has 0 aliphatic heterocycles. The minimum atomic E-state index is 0.712. The molecule has 0 bridgehead atoms. The number of aryl methyl sites for hydroxylation is 1. The first-order valence-electron chi connectivity index (χ1n) is 7.52. The highest BCUT2D eigenvalue weighted by atomic mass is 15.3. The Bertz CT molecular complexity index is 345. The van der Waals surface area contributed by atoms with Crippen molar-refractivity contribution in [3.63, 3.8) is 0 Å². The van der Waals surface area contributed by atoms with Crippen LogP contribution in [0.1, 0.15) is 57.9 Å². The highest BCUT2D eigenvalue weighted by Gasteiger charge is 2.15. The van der Waals surface area contributed by atoms with E-state index in [4.69, 9.17) is 0 Å². The molecule has 18 heavy (non-hydrogen) atoms. The average Bonchev–Trinajstić information content (AvgIpc) is 2.70. The molecule has 1 aliphatic rings. The molecular weight excluding hydrogens is 222 g/mol. The second-order valence-corrected chi connectivity index (χ2v) is 5.80. The van der Waals surface area contributed by atoms with Gasteiger partial charge in [0, 0.05) is 30.9 Å². The standard InChI is InChI=1S/C15H27N3/c1-3-9-18-12-14(11-17-18)10-16-15-6-4-5-13(2)7-8-15/h11-13,15-16H,3-10H2,1-2H3. The summed E-state index contributed by atoms with van der Waals surface area (Å²) in [5.41, 5.74) is 1.32. The van der Waals surface area contributed by atoms with Gasteiger partial charge in [0.2, 0.25) is 0 Å². The van der Waals surface area contributed by atoms with Crippen molar-refractivity contribution in [3.05, 3.63) is 18.0 Å². The first kappa shape index (κ1) is 13.6. The molecule has 1 saturated carbocycles. The number of hydrogen-bond acceptors (Lipinski definition) is 2. The fourth-order valence-corrected chi connectivity index (χ4v) is 2.80. The second kappa shape index (κ2) is 6.93. The molecule has 2 unspecified atom stereocenters. The fourth-order valence-electron chi connectivity index (χ4n) is 2.80.